The second-order valence-corrected chi connectivity index (χ2v) is 4.83. The minimum atomic E-state index is -0.449. The van der Waals surface area contributed by atoms with Crippen molar-refractivity contribution < 1.29 is 14.3 Å². The lowest BCUT2D eigenvalue weighted by atomic mass is 10.1. The molecule has 100 valence electrons. The molecule has 0 radical (unpaired) electrons. The number of halogens is 1. The quantitative estimate of drug-likeness (QED) is 0.811. The summed E-state index contributed by atoms with van der Waals surface area (Å²) in [6, 6.07) is 3.86. The van der Waals surface area contributed by atoms with Gasteiger partial charge in [-0.1, -0.05) is 18.8 Å². The first kappa shape index (κ1) is 13.6. The molecule has 4 heteroatoms. The van der Waals surface area contributed by atoms with Crippen molar-refractivity contribution in [1.29, 1.82) is 0 Å². The van der Waals surface area contributed by atoms with Gasteiger partial charge in [-0.15, -0.1) is 0 Å². The highest BCUT2D eigenvalue weighted by Gasteiger charge is 2.32. The minimum absolute atomic E-state index is 0.249. The fraction of sp³-hybridized carbons (Fsp3) is 0.400. The van der Waals surface area contributed by atoms with Crippen LogP contribution in [0.5, 0.6) is 0 Å². The Hall–Kier alpha value is -1.86. The number of nitrogens with one attached hydrogen (secondary N) is 1. The van der Waals surface area contributed by atoms with E-state index >= 15 is 0 Å². The van der Waals surface area contributed by atoms with Crippen LogP contribution in [0.1, 0.15) is 29.3 Å². The molecule has 1 aliphatic carbocycles. The Labute approximate surface area is 111 Å². The second-order valence-electron chi connectivity index (χ2n) is 4.83. The number of aliphatic hydroxyl groups is 1. The molecule has 1 fully saturated rings. The van der Waals surface area contributed by atoms with E-state index in [1.165, 1.54) is 18.2 Å². The number of carbonyl (C=O) groups excluding carboxylic acids is 1. The summed E-state index contributed by atoms with van der Waals surface area (Å²) in [4.78, 5) is 12.0. The number of rotatable bonds is 3. The van der Waals surface area contributed by atoms with Gasteiger partial charge in [0.15, 0.2) is 0 Å². The SMILES string of the molecule is CC1CC1CNC(=O)c1ccc(F)cc1C#CCO. The van der Waals surface area contributed by atoms with Gasteiger partial charge in [0.05, 0.1) is 5.56 Å². The summed E-state index contributed by atoms with van der Waals surface area (Å²) < 4.78 is 13.2. The zero-order valence-corrected chi connectivity index (χ0v) is 10.7. The average Bonchev–Trinajstić information content (AvgIpc) is 3.09. The molecule has 2 rings (SSSR count). The molecule has 1 aromatic rings. The van der Waals surface area contributed by atoms with E-state index in [0.29, 0.717) is 29.5 Å². The van der Waals surface area contributed by atoms with Gasteiger partial charge < -0.3 is 10.4 Å². The zero-order chi connectivity index (χ0) is 13.8. The normalized spacial score (nSPS) is 20.4. The third-order valence-corrected chi connectivity index (χ3v) is 3.33. The Kier molecular flexibility index (Phi) is 4.18. The van der Waals surface area contributed by atoms with Gasteiger partial charge in [-0.05, 0) is 36.5 Å². The minimum Gasteiger partial charge on any atom is -0.384 e. The van der Waals surface area contributed by atoms with Crippen molar-refractivity contribution in [2.75, 3.05) is 13.2 Å². The van der Waals surface area contributed by atoms with E-state index < -0.39 is 5.82 Å². The van der Waals surface area contributed by atoms with Crippen LogP contribution in [0, 0.1) is 29.5 Å². The monoisotopic (exact) mass is 261 g/mol. The molecule has 3 nitrogen and oxygen atoms in total. The highest BCUT2D eigenvalue weighted by molar-refractivity contribution is 5.96. The van der Waals surface area contributed by atoms with E-state index in [4.69, 9.17) is 5.11 Å². The topological polar surface area (TPSA) is 49.3 Å². The maximum Gasteiger partial charge on any atom is 0.252 e. The Morgan fingerprint density at radius 2 is 2.32 bits per heavy atom. The third kappa shape index (κ3) is 3.55. The van der Waals surface area contributed by atoms with Gasteiger partial charge >= 0.3 is 0 Å². The van der Waals surface area contributed by atoms with Crippen molar-refractivity contribution in [1.82, 2.24) is 5.32 Å². The molecule has 2 N–H and O–H groups in total. The molecular formula is C15H16FNO2. The lowest BCUT2D eigenvalue weighted by Crippen LogP contribution is -2.26. The summed E-state index contributed by atoms with van der Waals surface area (Å²) in [6.07, 6.45) is 1.14. The van der Waals surface area contributed by atoms with E-state index in [2.05, 4.69) is 24.1 Å². The van der Waals surface area contributed by atoms with Crippen molar-refractivity contribution >= 4 is 5.91 Å². The van der Waals surface area contributed by atoms with Crippen LogP contribution in [0.25, 0.3) is 0 Å². The molecule has 1 amide bonds. The molecule has 0 saturated heterocycles. The highest BCUT2D eigenvalue weighted by Crippen LogP contribution is 2.36. The Morgan fingerprint density at radius 1 is 1.58 bits per heavy atom. The van der Waals surface area contributed by atoms with Gasteiger partial charge in [0.2, 0.25) is 0 Å². The van der Waals surface area contributed by atoms with E-state index in [-0.39, 0.29) is 12.5 Å². The zero-order valence-electron chi connectivity index (χ0n) is 10.7. The average molecular weight is 261 g/mol. The molecule has 1 saturated carbocycles. The van der Waals surface area contributed by atoms with Crippen LogP contribution in [0.3, 0.4) is 0 Å². The molecule has 0 spiro atoms. The summed E-state index contributed by atoms with van der Waals surface area (Å²) in [5, 5.41) is 11.5. The van der Waals surface area contributed by atoms with Crippen LogP contribution in [0.4, 0.5) is 4.39 Å². The van der Waals surface area contributed by atoms with Crippen molar-refractivity contribution in [2.45, 2.75) is 13.3 Å². The first-order chi connectivity index (χ1) is 9.11. The van der Waals surface area contributed by atoms with E-state index in [0.717, 1.165) is 6.42 Å². The summed E-state index contributed by atoms with van der Waals surface area (Å²) >= 11 is 0. The molecule has 0 aliphatic heterocycles. The van der Waals surface area contributed by atoms with Gasteiger partial charge in [-0.2, -0.15) is 0 Å². The van der Waals surface area contributed by atoms with Crippen molar-refractivity contribution in [3.05, 3.63) is 35.1 Å². The molecule has 2 unspecified atom stereocenters. The van der Waals surface area contributed by atoms with Gasteiger partial charge in [0.1, 0.15) is 12.4 Å². The summed E-state index contributed by atoms with van der Waals surface area (Å²) in [5.74, 6) is 5.55. The van der Waals surface area contributed by atoms with Crippen LogP contribution in [0.15, 0.2) is 18.2 Å². The Balaban J connectivity index is 2.10. The summed E-state index contributed by atoms with van der Waals surface area (Å²) in [6.45, 7) is 2.47. The van der Waals surface area contributed by atoms with Gasteiger partial charge in [0, 0.05) is 12.1 Å². The van der Waals surface area contributed by atoms with Gasteiger partial charge in [-0.25, -0.2) is 4.39 Å². The van der Waals surface area contributed by atoms with Crippen LogP contribution in [0.2, 0.25) is 0 Å². The summed E-state index contributed by atoms with van der Waals surface area (Å²) in [7, 11) is 0. The van der Waals surface area contributed by atoms with E-state index in [9.17, 15) is 9.18 Å². The third-order valence-electron chi connectivity index (χ3n) is 3.33. The number of benzene rings is 1. The molecule has 0 heterocycles. The van der Waals surface area contributed by atoms with Gasteiger partial charge in [0.25, 0.3) is 5.91 Å². The van der Waals surface area contributed by atoms with Crippen molar-refractivity contribution in [2.24, 2.45) is 11.8 Å². The molecule has 1 aliphatic rings. The first-order valence-corrected chi connectivity index (χ1v) is 6.29. The largest absolute Gasteiger partial charge is 0.384 e. The van der Waals surface area contributed by atoms with Crippen LogP contribution in [-0.2, 0) is 0 Å². The molecular weight excluding hydrogens is 245 g/mol. The standard InChI is InChI=1S/C15H16FNO2/c1-10-7-12(10)9-17-15(19)14-5-4-13(16)8-11(14)3-2-6-18/h4-5,8,10,12,18H,6-7,9H2,1H3,(H,17,19). The van der Waals surface area contributed by atoms with E-state index in [1.54, 1.807) is 0 Å². The van der Waals surface area contributed by atoms with Crippen LogP contribution in [-0.4, -0.2) is 24.2 Å². The van der Waals surface area contributed by atoms with E-state index in [1.807, 2.05) is 0 Å². The molecule has 19 heavy (non-hydrogen) atoms. The molecule has 0 bridgehead atoms. The second kappa shape index (κ2) is 5.85. The number of hydrogen-bond donors (Lipinski definition) is 2. The number of carbonyl (C=O) groups is 1. The Morgan fingerprint density at radius 3 is 2.95 bits per heavy atom. The smallest absolute Gasteiger partial charge is 0.252 e. The highest BCUT2D eigenvalue weighted by atomic mass is 19.1. The maximum absolute atomic E-state index is 13.2. The van der Waals surface area contributed by atoms with Crippen molar-refractivity contribution in [3.8, 4) is 11.8 Å². The molecule has 1 aromatic carbocycles. The fourth-order valence-electron chi connectivity index (χ4n) is 1.96. The maximum atomic E-state index is 13.2. The van der Waals surface area contributed by atoms with Crippen LogP contribution >= 0.6 is 0 Å². The van der Waals surface area contributed by atoms with Crippen molar-refractivity contribution in [3.63, 3.8) is 0 Å². The predicted molar refractivity (Wildman–Crippen MR) is 70.0 cm³/mol. The lowest BCUT2D eigenvalue weighted by molar-refractivity contribution is 0.0951. The predicted octanol–water partition coefficient (Wildman–Crippen LogP) is 1.56. The fourth-order valence-corrected chi connectivity index (χ4v) is 1.96. The summed E-state index contributed by atoms with van der Waals surface area (Å²) in [5.41, 5.74) is 0.644. The Bertz CT molecular complexity index is 545. The number of hydrogen-bond acceptors (Lipinski definition) is 2. The first-order valence-electron chi connectivity index (χ1n) is 6.29. The number of amides is 1. The lowest BCUT2D eigenvalue weighted by Gasteiger charge is -2.06. The number of aliphatic hydroxyl groups excluding tert-OH is 1. The molecule has 2 atom stereocenters. The van der Waals surface area contributed by atoms with Crippen LogP contribution < -0.4 is 5.32 Å². The van der Waals surface area contributed by atoms with Gasteiger partial charge in [-0.3, -0.25) is 4.79 Å². The molecule has 0 aromatic heterocycles.